The van der Waals surface area contributed by atoms with Crippen LogP contribution in [0.4, 0.5) is 0 Å². The molecule has 2 aromatic rings. The first-order chi connectivity index (χ1) is 9.69. The lowest BCUT2D eigenvalue weighted by Gasteiger charge is -2.12. The van der Waals surface area contributed by atoms with Gasteiger partial charge >= 0.3 is 5.97 Å². The minimum absolute atomic E-state index is 0.355. The molecule has 2 rings (SSSR count). The summed E-state index contributed by atoms with van der Waals surface area (Å²) >= 11 is 0. The van der Waals surface area contributed by atoms with E-state index >= 15 is 0 Å². The average Bonchev–Trinajstić information content (AvgIpc) is 2.46. The third-order valence-electron chi connectivity index (χ3n) is 3.59. The molecule has 0 heterocycles. The molecule has 3 nitrogen and oxygen atoms in total. The predicted octanol–water partition coefficient (Wildman–Crippen LogP) is 4.28. The van der Waals surface area contributed by atoms with Crippen molar-refractivity contribution in [3.8, 4) is 5.75 Å². The van der Waals surface area contributed by atoms with E-state index in [1.807, 2.05) is 18.2 Å². The normalized spacial score (nSPS) is 10.7. The van der Waals surface area contributed by atoms with Crippen molar-refractivity contribution in [1.82, 2.24) is 0 Å². The third-order valence-corrected chi connectivity index (χ3v) is 3.59. The van der Waals surface area contributed by atoms with Crippen LogP contribution in [0.25, 0.3) is 10.8 Å². The fraction of sp³-hybridized carbons (Fsp3) is 0.353. The van der Waals surface area contributed by atoms with E-state index in [2.05, 4.69) is 6.92 Å². The molecule has 1 N–H and O–H groups in total. The summed E-state index contributed by atoms with van der Waals surface area (Å²) in [6.07, 6.45) is 4.28. The smallest absolute Gasteiger partial charge is 0.336 e. The number of carboxylic acids is 1. The lowest BCUT2D eigenvalue weighted by Crippen LogP contribution is -2.01. The molecule has 0 saturated carbocycles. The molecule has 3 heteroatoms. The largest absolute Gasteiger partial charge is 0.496 e. The number of carboxylic acid groups (broad SMARTS) is 1. The standard InChI is InChI=1S/C17H20O3/c1-3-4-5-7-12-8-6-9-13-15(20-2)11-10-14(16(12)13)17(18)19/h6,8-11H,3-5,7H2,1-2H3,(H,18,19). The first kappa shape index (κ1) is 14.4. The number of methoxy groups -OCH3 is 1. The van der Waals surface area contributed by atoms with Crippen molar-refractivity contribution in [1.29, 1.82) is 0 Å². The molecular weight excluding hydrogens is 252 g/mol. The van der Waals surface area contributed by atoms with Gasteiger partial charge in [0.2, 0.25) is 0 Å². The predicted molar refractivity (Wildman–Crippen MR) is 80.7 cm³/mol. The number of hydrogen-bond donors (Lipinski definition) is 1. The Bertz CT molecular complexity index is 617. The third kappa shape index (κ3) is 2.77. The quantitative estimate of drug-likeness (QED) is 0.798. The summed E-state index contributed by atoms with van der Waals surface area (Å²) in [7, 11) is 1.61. The van der Waals surface area contributed by atoms with Crippen LogP contribution in [0.1, 0.15) is 42.1 Å². The number of aryl methyl sites for hydroxylation is 1. The van der Waals surface area contributed by atoms with Gasteiger partial charge in [-0.25, -0.2) is 4.79 Å². The Hall–Kier alpha value is -2.03. The molecule has 0 unspecified atom stereocenters. The molecule has 0 aliphatic heterocycles. The molecule has 0 radical (unpaired) electrons. The summed E-state index contributed by atoms with van der Waals surface area (Å²) in [5, 5.41) is 11.1. The number of hydrogen-bond acceptors (Lipinski definition) is 2. The van der Waals surface area contributed by atoms with Crippen LogP contribution in [-0.4, -0.2) is 18.2 Å². The van der Waals surface area contributed by atoms with Crippen molar-refractivity contribution in [2.45, 2.75) is 32.6 Å². The molecule has 0 spiro atoms. The number of carbonyl (C=O) groups is 1. The van der Waals surface area contributed by atoms with Crippen molar-refractivity contribution in [2.24, 2.45) is 0 Å². The van der Waals surface area contributed by atoms with Gasteiger partial charge in [0.1, 0.15) is 5.75 Å². The number of aromatic carboxylic acids is 1. The lowest BCUT2D eigenvalue weighted by molar-refractivity contribution is 0.0699. The fourth-order valence-corrected chi connectivity index (χ4v) is 2.59. The van der Waals surface area contributed by atoms with E-state index in [9.17, 15) is 9.90 Å². The summed E-state index contributed by atoms with van der Waals surface area (Å²) in [6, 6.07) is 9.26. The van der Waals surface area contributed by atoms with Crippen molar-refractivity contribution in [2.75, 3.05) is 7.11 Å². The number of benzene rings is 2. The van der Waals surface area contributed by atoms with Crippen molar-refractivity contribution >= 4 is 16.7 Å². The Morgan fingerprint density at radius 2 is 2.00 bits per heavy atom. The van der Waals surface area contributed by atoms with E-state index in [1.54, 1.807) is 19.2 Å². The molecule has 0 aromatic heterocycles. The highest BCUT2D eigenvalue weighted by Crippen LogP contribution is 2.32. The average molecular weight is 272 g/mol. The van der Waals surface area contributed by atoms with Gasteiger partial charge in [-0.3, -0.25) is 0 Å². The minimum atomic E-state index is -0.888. The summed E-state index contributed by atoms with van der Waals surface area (Å²) in [5.41, 5.74) is 1.44. The van der Waals surface area contributed by atoms with E-state index in [0.717, 1.165) is 47.8 Å². The maximum Gasteiger partial charge on any atom is 0.336 e. The van der Waals surface area contributed by atoms with Gasteiger partial charge < -0.3 is 9.84 Å². The maximum absolute atomic E-state index is 11.5. The highest BCUT2D eigenvalue weighted by Gasteiger charge is 2.14. The zero-order valence-electron chi connectivity index (χ0n) is 12.0. The second-order valence-electron chi connectivity index (χ2n) is 4.92. The van der Waals surface area contributed by atoms with Crippen LogP contribution >= 0.6 is 0 Å². The van der Waals surface area contributed by atoms with E-state index < -0.39 is 5.97 Å². The van der Waals surface area contributed by atoms with E-state index in [-0.39, 0.29) is 0 Å². The lowest BCUT2D eigenvalue weighted by atomic mass is 9.95. The second kappa shape index (κ2) is 6.42. The van der Waals surface area contributed by atoms with Crippen molar-refractivity contribution < 1.29 is 14.6 Å². The van der Waals surface area contributed by atoms with Crippen LogP contribution in [0.15, 0.2) is 30.3 Å². The van der Waals surface area contributed by atoms with Gasteiger partial charge in [0.05, 0.1) is 12.7 Å². The van der Waals surface area contributed by atoms with Gasteiger partial charge in [-0.2, -0.15) is 0 Å². The fourth-order valence-electron chi connectivity index (χ4n) is 2.59. The van der Waals surface area contributed by atoms with Crippen molar-refractivity contribution in [3.05, 3.63) is 41.5 Å². The molecule has 0 aliphatic rings. The van der Waals surface area contributed by atoms with Gasteiger partial charge in [-0.15, -0.1) is 0 Å². The summed E-state index contributed by atoms with van der Waals surface area (Å²) in [4.78, 5) is 11.5. The van der Waals surface area contributed by atoms with Crippen LogP contribution in [0.5, 0.6) is 5.75 Å². The SMILES string of the molecule is CCCCCc1cccc2c(OC)ccc(C(=O)O)c12. The van der Waals surface area contributed by atoms with Crippen LogP contribution in [0.2, 0.25) is 0 Å². The Morgan fingerprint density at radius 3 is 2.65 bits per heavy atom. The maximum atomic E-state index is 11.5. The first-order valence-corrected chi connectivity index (χ1v) is 7.01. The molecule has 106 valence electrons. The molecule has 0 atom stereocenters. The highest BCUT2D eigenvalue weighted by molar-refractivity contribution is 6.07. The number of unbranched alkanes of at least 4 members (excludes halogenated alkanes) is 2. The van der Waals surface area contributed by atoms with Crippen LogP contribution in [0.3, 0.4) is 0 Å². The van der Waals surface area contributed by atoms with Gasteiger partial charge in [-0.05, 0) is 30.5 Å². The molecule has 0 fully saturated rings. The van der Waals surface area contributed by atoms with Crippen LogP contribution in [-0.2, 0) is 6.42 Å². The Morgan fingerprint density at radius 1 is 1.20 bits per heavy atom. The second-order valence-corrected chi connectivity index (χ2v) is 4.92. The molecule has 0 saturated heterocycles. The Labute approximate surface area is 119 Å². The van der Waals surface area contributed by atoms with E-state index in [0.29, 0.717) is 5.56 Å². The van der Waals surface area contributed by atoms with Gasteiger partial charge in [0.15, 0.2) is 0 Å². The van der Waals surface area contributed by atoms with Gasteiger partial charge in [-0.1, -0.05) is 38.0 Å². The molecular formula is C17H20O3. The minimum Gasteiger partial charge on any atom is -0.496 e. The highest BCUT2D eigenvalue weighted by atomic mass is 16.5. The van der Waals surface area contributed by atoms with Crippen molar-refractivity contribution in [3.63, 3.8) is 0 Å². The van der Waals surface area contributed by atoms with Crippen LogP contribution < -0.4 is 4.74 Å². The zero-order valence-corrected chi connectivity index (χ0v) is 12.0. The summed E-state index contributed by atoms with van der Waals surface area (Å²) in [6.45, 7) is 2.16. The Kier molecular flexibility index (Phi) is 4.61. The van der Waals surface area contributed by atoms with E-state index in [4.69, 9.17) is 4.74 Å². The van der Waals surface area contributed by atoms with Gasteiger partial charge in [0.25, 0.3) is 0 Å². The van der Waals surface area contributed by atoms with Crippen LogP contribution in [0, 0.1) is 0 Å². The number of ether oxygens (including phenoxy) is 1. The topological polar surface area (TPSA) is 46.5 Å². The summed E-state index contributed by atoms with van der Waals surface area (Å²) < 4.78 is 5.35. The van der Waals surface area contributed by atoms with Gasteiger partial charge in [0, 0.05) is 10.8 Å². The molecule has 0 aliphatic carbocycles. The zero-order chi connectivity index (χ0) is 14.5. The molecule has 0 bridgehead atoms. The molecule has 20 heavy (non-hydrogen) atoms. The monoisotopic (exact) mass is 272 g/mol. The van der Waals surface area contributed by atoms with E-state index in [1.165, 1.54) is 0 Å². The first-order valence-electron chi connectivity index (χ1n) is 7.01. The summed E-state index contributed by atoms with van der Waals surface area (Å²) in [5.74, 6) is -0.164. The molecule has 0 amide bonds. The number of rotatable bonds is 6. The number of fused-ring (bicyclic) bond motifs is 1. The molecule has 2 aromatic carbocycles. The Balaban J connectivity index is 2.59.